The molecule has 0 fully saturated rings. The number of nitro benzene ring substituents is 1. The van der Waals surface area contributed by atoms with Crippen LogP contribution in [0.1, 0.15) is 5.56 Å². The number of nitro groups is 1. The van der Waals surface area contributed by atoms with Gasteiger partial charge in [0, 0.05) is 12.1 Å². The summed E-state index contributed by atoms with van der Waals surface area (Å²) in [5.74, 6) is 0.585. The van der Waals surface area contributed by atoms with E-state index in [-0.39, 0.29) is 5.69 Å². The average molecular weight is 306 g/mol. The zero-order chi connectivity index (χ0) is 15.2. The molecule has 0 saturated carbocycles. The van der Waals surface area contributed by atoms with Crippen LogP contribution >= 0.6 is 11.6 Å². The number of hydrogen-bond acceptors (Lipinski definition) is 5. The summed E-state index contributed by atoms with van der Waals surface area (Å²) in [7, 11) is 1.54. The van der Waals surface area contributed by atoms with Crippen molar-refractivity contribution in [3.05, 3.63) is 63.2 Å². The second kappa shape index (κ2) is 6.71. The normalized spacial score (nSPS) is 10.6. The third-order valence-corrected chi connectivity index (χ3v) is 2.96. The molecule has 2 aromatic carbocycles. The Kier molecular flexibility index (Phi) is 4.73. The largest absolute Gasteiger partial charge is 0.495 e. The Morgan fingerprint density at radius 2 is 2.00 bits per heavy atom. The number of nitrogens with zero attached hydrogens (tertiary/aromatic N) is 2. The van der Waals surface area contributed by atoms with Gasteiger partial charge >= 0.3 is 0 Å². The number of non-ortho nitro benzene ring substituents is 1. The fraction of sp³-hybridized carbons (Fsp3) is 0.0714. The van der Waals surface area contributed by atoms with E-state index in [1.54, 1.807) is 43.7 Å². The molecule has 6 nitrogen and oxygen atoms in total. The molecule has 0 saturated heterocycles. The second-order valence-electron chi connectivity index (χ2n) is 4.07. The molecule has 0 aliphatic carbocycles. The lowest BCUT2D eigenvalue weighted by Gasteiger charge is -2.05. The van der Waals surface area contributed by atoms with E-state index in [1.807, 2.05) is 0 Å². The maximum absolute atomic E-state index is 10.5. The minimum Gasteiger partial charge on any atom is -0.495 e. The zero-order valence-corrected chi connectivity index (χ0v) is 11.9. The molecular weight excluding hydrogens is 294 g/mol. The number of benzene rings is 2. The van der Waals surface area contributed by atoms with Crippen LogP contribution in [-0.4, -0.2) is 18.2 Å². The van der Waals surface area contributed by atoms with Gasteiger partial charge < -0.3 is 4.74 Å². The topological polar surface area (TPSA) is 76.8 Å². The van der Waals surface area contributed by atoms with Gasteiger partial charge in [-0.2, -0.15) is 5.10 Å². The summed E-state index contributed by atoms with van der Waals surface area (Å²) in [6, 6.07) is 11.3. The predicted octanol–water partition coefficient (Wildman–Crippen LogP) is 3.70. The van der Waals surface area contributed by atoms with Crippen molar-refractivity contribution >= 4 is 29.2 Å². The molecule has 0 spiro atoms. The molecule has 108 valence electrons. The van der Waals surface area contributed by atoms with Crippen molar-refractivity contribution in [3.63, 3.8) is 0 Å². The smallest absolute Gasteiger partial charge is 0.269 e. The highest BCUT2D eigenvalue weighted by atomic mass is 35.5. The Balaban J connectivity index is 2.01. The lowest BCUT2D eigenvalue weighted by atomic mass is 10.2. The molecule has 2 rings (SSSR count). The van der Waals surface area contributed by atoms with E-state index >= 15 is 0 Å². The number of halogens is 1. The van der Waals surface area contributed by atoms with Crippen LogP contribution in [0.2, 0.25) is 5.02 Å². The van der Waals surface area contributed by atoms with E-state index in [9.17, 15) is 10.1 Å². The number of hydrogen-bond donors (Lipinski definition) is 1. The first kappa shape index (κ1) is 14.8. The van der Waals surface area contributed by atoms with Crippen molar-refractivity contribution in [2.75, 3.05) is 12.5 Å². The van der Waals surface area contributed by atoms with Gasteiger partial charge in [-0.1, -0.05) is 11.6 Å². The lowest BCUT2D eigenvalue weighted by Crippen LogP contribution is -1.92. The highest BCUT2D eigenvalue weighted by Gasteiger charge is 2.03. The van der Waals surface area contributed by atoms with E-state index in [0.717, 1.165) is 5.56 Å². The third kappa shape index (κ3) is 3.93. The maximum atomic E-state index is 10.5. The number of nitrogens with one attached hydrogen (secondary N) is 1. The highest BCUT2D eigenvalue weighted by molar-refractivity contribution is 6.32. The average Bonchev–Trinajstić information content (AvgIpc) is 2.48. The van der Waals surface area contributed by atoms with Gasteiger partial charge in [-0.15, -0.1) is 0 Å². The number of hydrazone groups is 1. The predicted molar refractivity (Wildman–Crippen MR) is 82.3 cm³/mol. The van der Waals surface area contributed by atoms with Gasteiger partial charge in [-0.3, -0.25) is 15.5 Å². The van der Waals surface area contributed by atoms with Crippen LogP contribution in [0.15, 0.2) is 47.6 Å². The van der Waals surface area contributed by atoms with Gasteiger partial charge in [0.2, 0.25) is 0 Å². The van der Waals surface area contributed by atoms with Gasteiger partial charge in [-0.25, -0.2) is 0 Å². The highest BCUT2D eigenvalue weighted by Crippen LogP contribution is 2.27. The Morgan fingerprint density at radius 3 is 2.57 bits per heavy atom. The van der Waals surface area contributed by atoms with Crippen molar-refractivity contribution in [1.29, 1.82) is 0 Å². The van der Waals surface area contributed by atoms with Crippen molar-refractivity contribution < 1.29 is 9.66 Å². The van der Waals surface area contributed by atoms with Crippen LogP contribution in [0.25, 0.3) is 0 Å². The van der Waals surface area contributed by atoms with Crippen LogP contribution in [0.3, 0.4) is 0 Å². The van der Waals surface area contributed by atoms with Crippen LogP contribution < -0.4 is 10.2 Å². The number of anilines is 1. The summed E-state index contributed by atoms with van der Waals surface area (Å²) >= 11 is 5.99. The quantitative estimate of drug-likeness (QED) is 0.519. The first-order valence-electron chi connectivity index (χ1n) is 5.97. The summed E-state index contributed by atoms with van der Waals surface area (Å²) in [4.78, 5) is 10.1. The Labute approximate surface area is 126 Å². The number of rotatable bonds is 5. The summed E-state index contributed by atoms with van der Waals surface area (Å²) in [5.41, 5.74) is 4.31. The maximum Gasteiger partial charge on any atom is 0.269 e. The van der Waals surface area contributed by atoms with E-state index in [1.165, 1.54) is 12.1 Å². The minimum atomic E-state index is -0.446. The Hall–Kier alpha value is -2.60. The summed E-state index contributed by atoms with van der Waals surface area (Å²) in [6.45, 7) is 0. The van der Waals surface area contributed by atoms with Crippen LogP contribution in [0.4, 0.5) is 11.4 Å². The van der Waals surface area contributed by atoms with E-state index < -0.39 is 4.92 Å². The number of methoxy groups -OCH3 is 1. The molecule has 7 heteroatoms. The third-order valence-electron chi connectivity index (χ3n) is 2.66. The molecule has 0 aliphatic rings. The molecule has 21 heavy (non-hydrogen) atoms. The molecule has 0 amide bonds. The second-order valence-corrected chi connectivity index (χ2v) is 4.48. The zero-order valence-electron chi connectivity index (χ0n) is 11.1. The SMILES string of the molecule is COc1ccc(N/N=C/c2ccc([N+](=O)[O-])cc2)cc1Cl. The van der Waals surface area contributed by atoms with Gasteiger partial charge in [0.05, 0.1) is 29.0 Å². The van der Waals surface area contributed by atoms with Crippen LogP contribution in [-0.2, 0) is 0 Å². The molecule has 0 aliphatic heterocycles. The van der Waals surface area contributed by atoms with E-state index in [4.69, 9.17) is 16.3 Å². The fourth-order valence-corrected chi connectivity index (χ4v) is 1.86. The first-order valence-corrected chi connectivity index (χ1v) is 6.35. The molecular formula is C14H12ClN3O3. The lowest BCUT2D eigenvalue weighted by molar-refractivity contribution is -0.384. The minimum absolute atomic E-state index is 0.0436. The van der Waals surface area contributed by atoms with E-state index in [0.29, 0.717) is 16.5 Å². The van der Waals surface area contributed by atoms with Gasteiger partial charge in [0.25, 0.3) is 5.69 Å². The number of ether oxygens (including phenoxy) is 1. The van der Waals surface area contributed by atoms with Crippen LogP contribution in [0, 0.1) is 10.1 Å². The fourth-order valence-electron chi connectivity index (χ4n) is 1.60. The molecule has 0 heterocycles. The summed E-state index contributed by atoms with van der Waals surface area (Å²) in [5, 5.41) is 15.1. The molecule has 0 radical (unpaired) electrons. The summed E-state index contributed by atoms with van der Waals surface area (Å²) < 4.78 is 5.05. The van der Waals surface area contributed by atoms with Crippen molar-refractivity contribution in [1.82, 2.24) is 0 Å². The molecule has 0 bridgehead atoms. The van der Waals surface area contributed by atoms with Gasteiger partial charge in [0.1, 0.15) is 5.75 Å². The molecule has 0 aromatic heterocycles. The first-order chi connectivity index (χ1) is 10.1. The van der Waals surface area contributed by atoms with Crippen LogP contribution in [0.5, 0.6) is 5.75 Å². The monoisotopic (exact) mass is 305 g/mol. The molecule has 0 atom stereocenters. The standard InChI is InChI=1S/C14H12ClN3O3/c1-21-14-7-4-11(8-13(14)15)17-16-9-10-2-5-12(6-3-10)18(19)20/h2-9,17H,1H3/b16-9+. The van der Waals surface area contributed by atoms with Gasteiger partial charge in [-0.05, 0) is 35.9 Å². The van der Waals surface area contributed by atoms with Crippen molar-refractivity contribution in [2.24, 2.45) is 5.10 Å². The van der Waals surface area contributed by atoms with Crippen molar-refractivity contribution in [3.8, 4) is 5.75 Å². The summed E-state index contributed by atoms with van der Waals surface area (Å²) in [6.07, 6.45) is 1.56. The Morgan fingerprint density at radius 1 is 1.29 bits per heavy atom. The van der Waals surface area contributed by atoms with E-state index in [2.05, 4.69) is 10.5 Å². The Bertz CT molecular complexity index is 672. The molecule has 1 N–H and O–H groups in total. The molecule has 2 aromatic rings. The van der Waals surface area contributed by atoms with Gasteiger partial charge in [0.15, 0.2) is 0 Å². The molecule has 0 unspecified atom stereocenters. The van der Waals surface area contributed by atoms with Crippen molar-refractivity contribution in [2.45, 2.75) is 0 Å².